The summed E-state index contributed by atoms with van der Waals surface area (Å²) in [6, 6.07) is 6.29. The molecule has 1 aromatic carbocycles. The maximum absolute atomic E-state index is 9.19. The van der Waals surface area contributed by atoms with Crippen LogP contribution in [0.5, 0.6) is 0 Å². The molecule has 0 radical (unpaired) electrons. The highest BCUT2D eigenvalue weighted by Gasteiger charge is 2.13. The van der Waals surface area contributed by atoms with Gasteiger partial charge in [0, 0.05) is 0 Å². The average molecular weight is 242 g/mol. The second-order valence-corrected chi connectivity index (χ2v) is 5.12. The molecule has 2 N–H and O–H groups in total. The molecule has 0 aliphatic heterocycles. The van der Waals surface area contributed by atoms with Crippen molar-refractivity contribution < 1.29 is 18.1 Å². The van der Waals surface area contributed by atoms with E-state index in [0.29, 0.717) is 6.26 Å². The fraction of sp³-hybridized carbons (Fsp3) is 0.273. The van der Waals surface area contributed by atoms with Crippen LogP contribution >= 0.6 is 0 Å². The summed E-state index contributed by atoms with van der Waals surface area (Å²) >= 11 is 0. The lowest BCUT2D eigenvalue weighted by atomic mass is 9.88. The first-order chi connectivity index (χ1) is 7.31. The summed E-state index contributed by atoms with van der Waals surface area (Å²) in [6.45, 7) is 2.23. The average Bonchev–Trinajstić information content (AvgIpc) is 2.08. The predicted octanol–water partition coefficient (Wildman–Crippen LogP) is 1.35. The lowest BCUT2D eigenvalue weighted by Gasteiger charge is -2.18. The van der Waals surface area contributed by atoms with Gasteiger partial charge in [0.05, 0.1) is 12.9 Å². The van der Waals surface area contributed by atoms with Gasteiger partial charge in [0.2, 0.25) is 0 Å². The van der Waals surface area contributed by atoms with Crippen molar-refractivity contribution in [3.63, 3.8) is 0 Å². The first-order valence-electron chi connectivity index (χ1n) is 4.66. The van der Waals surface area contributed by atoms with Crippen LogP contribution in [-0.4, -0.2) is 30.9 Å². The van der Waals surface area contributed by atoms with E-state index in [9.17, 15) is 8.42 Å². The monoisotopic (exact) mass is 242 g/mol. The lowest BCUT2D eigenvalue weighted by molar-refractivity contribution is 0.350. The summed E-state index contributed by atoms with van der Waals surface area (Å²) < 4.78 is 25.9. The molecule has 0 fully saturated rings. The molecule has 0 amide bonds. The van der Waals surface area contributed by atoms with E-state index < -0.39 is 10.1 Å². The van der Waals surface area contributed by atoms with Crippen molar-refractivity contribution in [2.75, 3.05) is 12.9 Å². The zero-order valence-electron chi connectivity index (χ0n) is 9.14. The summed E-state index contributed by atoms with van der Waals surface area (Å²) in [5.41, 5.74) is 4.78. The molecule has 16 heavy (non-hydrogen) atoms. The fourth-order valence-electron chi connectivity index (χ4n) is 1.39. The SMILES string of the molecule is CS(=O)(=O)O.Cc1ccc2c(c1)C(CO)=C2. The van der Waals surface area contributed by atoms with Gasteiger partial charge in [-0.15, -0.1) is 0 Å². The van der Waals surface area contributed by atoms with Crippen molar-refractivity contribution in [2.24, 2.45) is 0 Å². The molecule has 0 saturated heterocycles. The highest BCUT2D eigenvalue weighted by molar-refractivity contribution is 7.85. The molecule has 1 aliphatic carbocycles. The second-order valence-electron chi connectivity index (χ2n) is 3.65. The third-order valence-electron chi connectivity index (χ3n) is 2.05. The Bertz CT molecular complexity index is 507. The van der Waals surface area contributed by atoms with Gasteiger partial charge in [-0.25, -0.2) is 0 Å². The van der Waals surface area contributed by atoms with Gasteiger partial charge in [0.1, 0.15) is 0 Å². The minimum absolute atomic E-state index is 0.163. The molecule has 0 spiro atoms. The number of aliphatic hydroxyl groups excluding tert-OH is 1. The van der Waals surface area contributed by atoms with Crippen LogP contribution in [0.4, 0.5) is 0 Å². The number of benzene rings is 1. The standard InChI is InChI=1S/C10H10O.CH4O3S/c1-7-2-3-8-5-9(6-11)10(8)4-7;1-5(2,3)4/h2-5,11H,6H2,1H3;1H3,(H,2,3,4). The molecule has 1 aromatic rings. The molecule has 0 saturated carbocycles. The number of hydrogen-bond donors (Lipinski definition) is 2. The predicted molar refractivity (Wildman–Crippen MR) is 63.6 cm³/mol. The lowest BCUT2D eigenvalue weighted by Crippen LogP contribution is -2.02. The number of rotatable bonds is 1. The van der Waals surface area contributed by atoms with Gasteiger partial charge in [0.25, 0.3) is 10.1 Å². The Labute approximate surface area is 95.0 Å². The van der Waals surface area contributed by atoms with Crippen LogP contribution in [0.2, 0.25) is 0 Å². The topological polar surface area (TPSA) is 74.6 Å². The summed E-state index contributed by atoms with van der Waals surface area (Å²) in [6.07, 6.45) is 2.74. The Morgan fingerprint density at radius 1 is 1.31 bits per heavy atom. The molecule has 2 rings (SSSR count). The van der Waals surface area contributed by atoms with E-state index in [4.69, 9.17) is 9.66 Å². The molecule has 0 bridgehead atoms. The third kappa shape index (κ3) is 3.77. The van der Waals surface area contributed by atoms with E-state index in [0.717, 1.165) is 5.57 Å². The van der Waals surface area contributed by atoms with Crippen molar-refractivity contribution >= 4 is 21.8 Å². The minimum atomic E-state index is -3.67. The van der Waals surface area contributed by atoms with Gasteiger partial charge in [-0.3, -0.25) is 4.55 Å². The molecule has 88 valence electrons. The highest BCUT2D eigenvalue weighted by atomic mass is 32.2. The summed E-state index contributed by atoms with van der Waals surface area (Å²) in [7, 11) is -3.67. The Morgan fingerprint density at radius 2 is 1.88 bits per heavy atom. The van der Waals surface area contributed by atoms with Crippen LogP contribution in [0, 0.1) is 6.92 Å². The number of fused-ring (bicyclic) bond motifs is 1. The normalized spacial score (nSPS) is 12.9. The van der Waals surface area contributed by atoms with Crippen LogP contribution in [0.15, 0.2) is 18.2 Å². The molecule has 5 heteroatoms. The largest absolute Gasteiger partial charge is 0.392 e. The van der Waals surface area contributed by atoms with Crippen LogP contribution in [0.1, 0.15) is 16.7 Å². The van der Waals surface area contributed by atoms with Gasteiger partial charge in [-0.2, -0.15) is 8.42 Å². The van der Waals surface area contributed by atoms with Crippen molar-refractivity contribution in [3.05, 3.63) is 34.9 Å². The molecule has 0 atom stereocenters. The number of aryl methyl sites for hydroxylation is 1. The molecule has 0 aromatic heterocycles. The third-order valence-corrected chi connectivity index (χ3v) is 2.05. The van der Waals surface area contributed by atoms with E-state index in [2.05, 4.69) is 25.1 Å². The number of aliphatic hydroxyl groups is 1. The smallest absolute Gasteiger partial charge is 0.261 e. The summed E-state index contributed by atoms with van der Waals surface area (Å²) in [4.78, 5) is 0. The fourth-order valence-corrected chi connectivity index (χ4v) is 1.39. The van der Waals surface area contributed by atoms with Crippen molar-refractivity contribution in [2.45, 2.75) is 6.92 Å². The zero-order chi connectivity index (χ0) is 12.3. The van der Waals surface area contributed by atoms with E-state index >= 15 is 0 Å². The summed E-state index contributed by atoms with van der Waals surface area (Å²) in [5, 5.41) is 8.86. The maximum Gasteiger partial charge on any atom is 0.261 e. The first kappa shape index (κ1) is 12.9. The Kier molecular flexibility index (Phi) is 3.85. The van der Waals surface area contributed by atoms with Crippen LogP contribution in [0.25, 0.3) is 11.6 Å². The Balaban J connectivity index is 0.000000221. The molecular weight excluding hydrogens is 228 g/mol. The van der Waals surface area contributed by atoms with Crippen molar-refractivity contribution in [1.29, 1.82) is 0 Å². The molecule has 0 heterocycles. The highest BCUT2D eigenvalue weighted by Crippen LogP contribution is 2.32. The zero-order valence-corrected chi connectivity index (χ0v) is 9.95. The molecule has 4 nitrogen and oxygen atoms in total. The van der Waals surface area contributed by atoms with E-state index in [-0.39, 0.29) is 6.61 Å². The van der Waals surface area contributed by atoms with Gasteiger partial charge in [-0.1, -0.05) is 23.8 Å². The molecule has 0 unspecified atom stereocenters. The van der Waals surface area contributed by atoms with E-state index in [1.807, 2.05) is 6.08 Å². The first-order valence-corrected chi connectivity index (χ1v) is 6.51. The van der Waals surface area contributed by atoms with Crippen molar-refractivity contribution in [3.8, 4) is 0 Å². The quantitative estimate of drug-likeness (QED) is 0.729. The molecular formula is C11H14O4S. The maximum atomic E-state index is 9.19. The van der Waals surface area contributed by atoms with E-state index in [1.165, 1.54) is 16.7 Å². The Hall–Kier alpha value is -1.17. The van der Waals surface area contributed by atoms with Crippen molar-refractivity contribution in [1.82, 2.24) is 0 Å². The van der Waals surface area contributed by atoms with Crippen LogP contribution in [-0.2, 0) is 10.1 Å². The van der Waals surface area contributed by atoms with Gasteiger partial charge < -0.3 is 5.11 Å². The van der Waals surface area contributed by atoms with E-state index in [1.54, 1.807) is 0 Å². The summed E-state index contributed by atoms with van der Waals surface area (Å²) in [5.74, 6) is 0. The van der Waals surface area contributed by atoms with Gasteiger partial charge in [-0.05, 0) is 29.7 Å². The molecule has 1 aliphatic rings. The number of hydrogen-bond acceptors (Lipinski definition) is 3. The van der Waals surface area contributed by atoms with Crippen LogP contribution in [0.3, 0.4) is 0 Å². The van der Waals surface area contributed by atoms with Gasteiger partial charge in [0.15, 0.2) is 0 Å². The van der Waals surface area contributed by atoms with Gasteiger partial charge >= 0.3 is 0 Å². The minimum Gasteiger partial charge on any atom is -0.392 e. The second kappa shape index (κ2) is 4.78. The van der Waals surface area contributed by atoms with Crippen LogP contribution < -0.4 is 0 Å². The Morgan fingerprint density at radius 3 is 2.38 bits per heavy atom.